The minimum absolute atomic E-state index is 0.267. The fraction of sp³-hybridized carbons (Fsp3) is 0.167. The van der Waals surface area contributed by atoms with Gasteiger partial charge >= 0.3 is 0 Å². The minimum Gasteiger partial charge on any atom is -0.494 e. The second-order valence-corrected chi connectivity index (χ2v) is 8.63. The molecular formula is C24H21Cl2N3O2S. The predicted octanol–water partition coefficient (Wildman–Crippen LogP) is 6.84. The van der Waals surface area contributed by atoms with Gasteiger partial charge in [0.2, 0.25) is 0 Å². The number of rotatable bonds is 9. The Bertz CT molecular complexity index is 1080. The van der Waals surface area contributed by atoms with E-state index in [0.29, 0.717) is 23.2 Å². The molecule has 32 heavy (non-hydrogen) atoms. The lowest BCUT2D eigenvalue weighted by atomic mass is 10.2. The summed E-state index contributed by atoms with van der Waals surface area (Å²) in [6.07, 6.45) is 0. The summed E-state index contributed by atoms with van der Waals surface area (Å²) in [5.41, 5.74) is 2.09. The van der Waals surface area contributed by atoms with Crippen LogP contribution in [0.1, 0.15) is 18.3 Å². The molecule has 0 amide bonds. The topological polar surface area (TPSA) is 49.2 Å². The van der Waals surface area contributed by atoms with Gasteiger partial charge in [0.05, 0.1) is 6.61 Å². The monoisotopic (exact) mass is 485 g/mol. The van der Waals surface area contributed by atoms with E-state index in [0.717, 1.165) is 32.9 Å². The Morgan fingerprint density at radius 2 is 1.38 bits per heavy atom. The van der Waals surface area contributed by atoms with Crippen molar-refractivity contribution in [3.8, 4) is 17.2 Å². The Hall–Kier alpha value is -2.67. The molecule has 0 spiro atoms. The summed E-state index contributed by atoms with van der Waals surface area (Å²) in [4.78, 5) is 0. The molecule has 0 aliphatic rings. The molecular weight excluding hydrogens is 465 g/mol. The zero-order valence-electron chi connectivity index (χ0n) is 17.4. The highest BCUT2D eigenvalue weighted by atomic mass is 35.5. The zero-order valence-corrected chi connectivity index (χ0v) is 19.7. The third kappa shape index (κ3) is 5.76. The zero-order chi connectivity index (χ0) is 22.3. The molecule has 0 bridgehead atoms. The van der Waals surface area contributed by atoms with Gasteiger partial charge < -0.3 is 9.47 Å². The lowest BCUT2D eigenvalue weighted by Crippen LogP contribution is -2.07. The van der Waals surface area contributed by atoms with Crippen LogP contribution in [0, 0.1) is 0 Å². The van der Waals surface area contributed by atoms with Crippen LogP contribution in [0.5, 0.6) is 11.5 Å². The number of aromatic nitrogens is 3. The lowest BCUT2D eigenvalue weighted by molar-refractivity contribution is 0.293. The van der Waals surface area contributed by atoms with Crippen molar-refractivity contribution in [2.24, 2.45) is 0 Å². The summed E-state index contributed by atoms with van der Waals surface area (Å²) in [5.74, 6) is 2.97. The van der Waals surface area contributed by atoms with Gasteiger partial charge in [0.1, 0.15) is 18.1 Å². The molecule has 0 unspecified atom stereocenters. The van der Waals surface area contributed by atoms with Gasteiger partial charge in [-0.05, 0) is 73.2 Å². The van der Waals surface area contributed by atoms with Gasteiger partial charge in [0.15, 0.2) is 11.0 Å². The first-order valence-corrected chi connectivity index (χ1v) is 11.8. The third-order valence-electron chi connectivity index (χ3n) is 4.57. The van der Waals surface area contributed by atoms with Crippen molar-refractivity contribution in [3.63, 3.8) is 0 Å². The van der Waals surface area contributed by atoms with E-state index in [1.165, 1.54) is 0 Å². The van der Waals surface area contributed by atoms with Gasteiger partial charge in [-0.1, -0.05) is 47.1 Å². The SMILES string of the molecule is CCOc1ccc(-n2c(COc3ccc(Cl)cc3)nnc2SCc2ccc(Cl)cc2)cc1. The van der Waals surface area contributed by atoms with Crippen molar-refractivity contribution in [1.82, 2.24) is 14.8 Å². The van der Waals surface area contributed by atoms with E-state index < -0.39 is 0 Å². The standard InChI is InChI=1S/C24H21Cl2N3O2S/c1-2-30-21-13-9-20(10-14-21)29-23(15-31-22-11-7-19(26)8-12-22)27-28-24(29)32-16-17-3-5-18(25)6-4-17/h3-14H,2,15-16H2,1H3. The molecule has 0 aliphatic heterocycles. The van der Waals surface area contributed by atoms with Crippen LogP contribution in [0.3, 0.4) is 0 Å². The number of halogens is 2. The van der Waals surface area contributed by atoms with E-state index >= 15 is 0 Å². The molecule has 0 radical (unpaired) electrons. The maximum atomic E-state index is 6.00. The fourth-order valence-electron chi connectivity index (χ4n) is 3.01. The van der Waals surface area contributed by atoms with Crippen molar-refractivity contribution in [2.75, 3.05) is 6.61 Å². The van der Waals surface area contributed by atoms with Crippen LogP contribution >= 0.6 is 35.0 Å². The fourth-order valence-corrected chi connectivity index (χ4v) is 4.19. The van der Waals surface area contributed by atoms with Crippen LogP contribution in [0.2, 0.25) is 10.0 Å². The van der Waals surface area contributed by atoms with Crippen molar-refractivity contribution in [1.29, 1.82) is 0 Å². The van der Waals surface area contributed by atoms with Gasteiger partial charge in [0, 0.05) is 21.5 Å². The molecule has 0 saturated heterocycles. The molecule has 0 saturated carbocycles. The largest absolute Gasteiger partial charge is 0.494 e. The molecule has 5 nitrogen and oxygen atoms in total. The Morgan fingerprint density at radius 1 is 0.781 bits per heavy atom. The third-order valence-corrected chi connectivity index (χ3v) is 6.07. The van der Waals surface area contributed by atoms with Crippen LogP contribution in [-0.4, -0.2) is 21.4 Å². The summed E-state index contributed by atoms with van der Waals surface area (Å²) in [7, 11) is 0. The van der Waals surface area contributed by atoms with Crippen LogP contribution in [0.15, 0.2) is 78.0 Å². The minimum atomic E-state index is 0.267. The number of nitrogens with zero attached hydrogens (tertiary/aromatic N) is 3. The lowest BCUT2D eigenvalue weighted by Gasteiger charge is -2.12. The number of hydrogen-bond acceptors (Lipinski definition) is 5. The second-order valence-electron chi connectivity index (χ2n) is 6.82. The summed E-state index contributed by atoms with van der Waals surface area (Å²) >= 11 is 13.6. The number of thioether (sulfide) groups is 1. The summed E-state index contributed by atoms with van der Waals surface area (Å²) < 4.78 is 13.5. The predicted molar refractivity (Wildman–Crippen MR) is 129 cm³/mol. The van der Waals surface area contributed by atoms with E-state index in [4.69, 9.17) is 32.7 Å². The molecule has 0 aliphatic carbocycles. The van der Waals surface area contributed by atoms with E-state index in [1.54, 1.807) is 23.9 Å². The molecule has 164 valence electrons. The van der Waals surface area contributed by atoms with Crippen LogP contribution < -0.4 is 9.47 Å². The van der Waals surface area contributed by atoms with Gasteiger partial charge in [0.25, 0.3) is 0 Å². The molecule has 1 heterocycles. The quantitative estimate of drug-likeness (QED) is 0.242. The highest BCUT2D eigenvalue weighted by molar-refractivity contribution is 7.98. The van der Waals surface area contributed by atoms with Gasteiger partial charge in [-0.2, -0.15) is 0 Å². The van der Waals surface area contributed by atoms with Crippen molar-refractivity contribution in [3.05, 3.63) is 94.2 Å². The number of benzene rings is 3. The first kappa shape index (κ1) is 22.5. The molecule has 0 N–H and O–H groups in total. The molecule has 3 aromatic carbocycles. The number of hydrogen-bond donors (Lipinski definition) is 0. The Balaban J connectivity index is 1.58. The van der Waals surface area contributed by atoms with E-state index in [2.05, 4.69) is 10.2 Å². The molecule has 1 aromatic heterocycles. The first-order chi connectivity index (χ1) is 15.6. The molecule has 0 atom stereocenters. The molecule has 8 heteroatoms. The smallest absolute Gasteiger partial charge is 0.196 e. The van der Waals surface area contributed by atoms with E-state index in [9.17, 15) is 0 Å². The van der Waals surface area contributed by atoms with Crippen LogP contribution in [-0.2, 0) is 12.4 Å². The summed E-state index contributed by atoms with van der Waals surface area (Å²) in [6, 6.07) is 22.9. The van der Waals surface area contributed by atoms with Crippen molar-refractivity contribution in [2.45, 2.75) is 24.4 Å². The van der Waals surface area contributed by atoms with Crippen molar-refractivity contribution >= 4 is 35.0 Å². The summed E-state index contributed by atoms with van der Waals surface area (Å²) in [6.45, 7) is 2.85. The average molecular weight is 486 g/mol. The molecule has 4 rings (SSSR count). The van der Waals surface area contributed by atoms with Gasteiger partial charge in [-0.25, -0.2) is 0 Å². The van der Waals surface area contributed by atoms with Crippen LogP contribution in [0.4, 0.5) is 0 Å². The Kier molecular flexibility index (Phi) is 7.58. The molecule has 4 aromatic rings. The normalized spacial score (nSPS) is 10.8. The van der Waals surface area contributed by atoms with Crippen molar-refractivity contribution < 1.29 is 9.47 Å². The highest BCUT2D eigenvalue weighted by Gasteiger charge is 2.16. The Labute approximate surface area is 201 Å². The number of ether oxygens (including phenoxy) is 2. The van der Waals surface area contributed by atoms with E-state index in [1.807, 2.05) is 72.2 Å². The molecule has 0 fully saturated rings. The summed E-state index contributed by atoms with van der Waals surface area (Å²) in [5, 5.41) is 11.0. The van der Waals surface area contributed by atoms with Gasteiger partial charge in [-0.3, -0.25) is 4.57 Å². The van der Waals surface area contributed by atoms with Gasteiger partial charge in [-0.15, -0.1) is 10.2 Å². The first-order valence-electron chi connectivity index (χ1n) is 10.1. The van der Waals surface area contributed by atoms with E-state index in [-0.39, 0.29) is 6.61 Å². The second kappa shape index (κ2) is 10.8. The maximum Gasteiger partial charge on any atom is 0.196 e. The maximum absolute atomic E-state index is 6.00. The Morgan fingerprint density at radius 3 is 2.03 bits per heavy atom. The average Bonchev–Trinajstić information content (AvgIpc) is 3.22. The highest BCUT2D eigenvalue weighted by Crippen LogP contribution is 2.27. The van der Waals surface area contributed by atoms with Crippen LogP contribution in [0.25, 0.3) is 5.69 Å².